The molecule has 7 heteroatoms. The van der Waals surface area contributed by atoms with E-state index in [2.05, 4.69) is 5.32 Å². The first-order valence-electron chi connectivity index (χ1n) is 5.63. The summed E-state index contributed by atoms with van der Waals surface area (Å²) in [5.74, 6) is -1.66. The first-order valence-corrected chi connectivity index (χ1v) is 5.63. The number of barbiturate groups is 1. The van der Waals surface area contributed by atoms with Gasteiger partial charge in [0.2, 0.25) is 17.7 Å². The number of hydrogen-bond acceptors (Lipinski definition) is 4. The summed E-state index contributed by atoms with van der Waals surface area (Å²) < 4.78 is 0. The average molecular weight is 255 g/mol. The van der Waals surface area contributed by atoms with E-state index in [0.717, 1.165) is 4.90 Å². The van der Waals surface area contributed by atoms with Crippen LogP contribution in [0, 0.1) is 5.41 Å². The number of amides is 5. The van der Waals surface area contributed by atoms with Crippen molar-refractivity contribution in [1.29, 1.82) is 0 Å². The molecule has 0 unspecified atom stereocenters. The van der Waals surface area contributed by atoms with Crippen LogP contribution in [0.2, 0.25) is 0 Å². The molecule has 7 nitrogen and oxygen atoms in total. The number of nitrogens with zero attached hydrogens (tertiary/aromatic N) is 2. The van der Waals surface area contributed by atoms with Crippen LogP contribution in [0.1, 0.15) is 20.8 Å². The van der Waals surface area contributed by atoms with Gasteiger partial charge in [0.1, 0.15) is 12.0 Å². The Balaban J connectivity index is 2.89. The minimum Gasteiger partial charge on any atom is -0.344 e. The maximum absolute atomic E-state index is 12.0. The summed E-state index contributed by atoms with van der Waals surface area (Å²) in [6, 6.07) is -0.845. The van der Waals surface area contributed by atoms with Crippen molar-refractivity contribution < 1.29 is 19.2 Å². The van der Waals surface area contributed by atoms with E-state index in [1.807, 2.05) is 0 Å². The third kappa shape index (κ3) is 2.34. The number of imide groups is 2. The van der Waals surface area contributed by atoms with Crippen LogP contribution in [0.4, 0.5) is 4.79 Å². The monoisotopic (exact) mass is 255 g/mol. The smallest absolute Gasteiger partial charge is 0.331 e. The van der Waals surface area contributed by atoms with Crippen molar-refractivity contribution in [3.8, 4) is 0 Å². The average Bonchev–Trinajstić information content (AvgIpc) is 2.31. The van der Waals surface area contributed by atoms with Crippen LogP contribution in [-0.4, -0.2) is 53.7 Å². The molecule has 0 saturated carbocycles. The fraction of sp³-hybridized carbons (Fsp3) is 0.636. The lowest BCUT2D eigenvalue weighted by atomic mass is 9.89. The lowest BCUT2D eigenvalue weighted by molar-refractivity contribution is -0.151. The number of urea groups is 1. The number of nitrogens with one attached hydrogen (secondary N) is 1. The number of carbonyl (C=O) groups excluding carboxylic acids is 4. The van der Waals surface area contributed by atoms with Crippen LogP contribution in [0.15, 0.2) is 0 Å². The molecule has 100 valence electrons. The molecule has 0 aromatic carbocycles. The van der Waals surface area contributed by atoms with E-state index in [0.29, 0.717) is 6.54 Å². The van der Waals surface area contributed by atoms with Crippen molar-refractivity contribution in [2.45, 2.75) is 20.8 Å². The summed E-state index contributed by atoms with van der Waals surface area (Å²) in [5, 5.41) is 2.07. The zero-order valence-electron chi connectivity index (χ0n) is 10.9. The standard InChI is InChI=1S/C11H17N3O4/c1-5-13(4)7(15)6-14-9(17)11(2,3)8(16)12-10(14)18/h5-6H2,1-4H3,(H,12,16,18). The fourth-order valence-corrected chi connectivity index (χ4v) is 1.42. The SMILES string of the molecule is CCN(C)C(=O)CN1C(=O)NC(=O)C(C)(C)C1=O. The fourth-order valence-electron chi connectivity index (χ4n) is 1.42. The van der Waals surface area contributed by atoms with Crippen LogP contribution >= 0.6 is 0 Å². The lowest BCUT2D eigenvalue weighted by Crippen LogP contribution is -2.63. The molecule has 1 saturated heterocycles. The maximum atomic E-state index is 12.0. The van der Waals surface area contributed by atoms with Crippen molar-refractivity contribution in [2.24, 2.45) is 5.41 Å². The second-order valence-corrected chi connectivity index (χ2v) is 4.68. The molecule has 0 aromatic heterocycles. The summed E-state index contributed by atoms with van der Waals surface area (Å²) in [6.45, 7) is 4.73. The van der Waals surface area contributed by atoms with E-state index in [-0.39, 0.29) is 12.5 Å². The highest BCUT2D eigenvalue weighted by Crippen LogP contribution is 2.23. The Labute approximate surface area is 105 Å². The highest BCUT2D eigenvalue weighted by Gasteiger charge is 2.47. The molecular formula is C11H17N3O4. The highest BCUT2D eigenvalue weighted by molar-refractivity contribution is 6.19. The molecule has 0 spiro atoms. The number of hydrogen-bond donors (Lipinski definition) is 1. The number of carbonyl (C=O) groups is 4. The van der Waals surface area contributed by atoms with Gasteiger partial charge in [-0.3, -0.25) is 24.6 Å². The summed E-state index contributed by atoms with van der Waals surface area (Å²) in [4.78, 5) is 48.9. The molecule has 1 aliphatic rings. The minimum atomic E-state index is -1.33. The Morgan fingerprint density at radius 2 is 1.89 bits per heavy atom. The van der Waals surface area contributed by atoms with Crippen molar-refractivity contribution >= 4 is 23.8 Å². The Bertz CT molecular complexity index is 417. The second-order valence-electron chi connectivity index (χ2n) is 4.68. The quantitative estimate of drug-likeness (QED) is 0.693. The van der Waals surface area contributed by atoms with Crippen LogP contribution < -0.4 is 5.32 Å². The topological polar surface area (TPSA) is 86.8 Å². The van der Waals surface area contributed by atoms with Gasteiger partial charge in [-0.1, -0.05) is 0 Å². The van der Waals surface area contributed by atoms with Crippen molar-refractivity contribution in [3.05, 3.63) is 0 Å². The van der Waals surface area contributed by atoms with Gasteiger partial charge in [0.25, 0.3) is 0 Å². The van der Waals surface area contributed by atoms with Crippen LogP contribution in [-0.2, 0) is 14.4 Å². The predicted molar refractivity (Wildman–Crippen MR) is 62.3 cm³/mol. The molecule has 0 aliphatic carbocycles. The molecule has 1 fully saturated rings. The van der Waals surface area contributed by atoms with E-state index in [4.69, 9.17) is 0 Å². The summed E-state index contributed by atoms with van der Waals surface area (Å²) in [5.41, 5.74) is -1.33. The Kier molecular flexibility index (Phi) is 3.73. The van der Waals surface area contributed by atoms with Gasteiger partial charge in [0.15, 0.2) is 0 Å². The van der Waals surface area contributed by atoms with Gasteiger partial charge in [-0.05, 0) is 20.8 Å². The van der Waals surface area contributed by atoms with Gasteiger partial charge in [0.05, 0.1) is 0 Å². The van der Waals surface area contributed by atoms with Gasteiger partial charge < -0.3 is 4.90 Å². The molecule has 5 amide bonds. The van der Waals surface area contributed by atoms with E-state index in [1.165, 1.54) is 18.7 Å². The van der Waals surface area contributed by atoms with Gasteiger partial charge in [-0.15, -0.1) is 0 Å². The Hall–Kier alpha value is -1.92. The van der Waals surface area contributed by atoms with Crippen molar-refractivity contribution in [2.75, 3.05) is 20.1 Å². The molecular weight excluding hydrogens is 238 g/mol. The Morgan fingerprint density at radius 3 is 2.39 bits per heavy atom. The van der Waals surface area contributed by atoms with Gasteiger partial charge in [-0.25, -0.2) is 4.79 Å². The summed E-state index contributed by atoms with van der Waals surface area (Å²) in [6.07, 6.45) is 0. The molecule has 1 heterocycles. The summed E-state index contributed by atoms with van der Waals surface area (Å²) in [7, 11) is 1.57. The molecule has 1 rings (SSSR count). The van der Waals surface area contributed by atoms with E-state index >= 15 is 0 Å². The molecule has 1 aliphatic heterocycles. The molecule has 0 bridgehead atoms. The molecule has 0 radical (unpaired) electrons. The third-order valence-electron chi connectivity index (χ3n) is 3.01. The predicted octanol–water partition coefficient (Wildman–Crippen LogP) is -0.431. The first kappa shape index (κ1) is 14.1. The van der Waals surface area contributed by atoms with Gasteiger partial charge in [0, 0.05) is 13.6 Å². The summed E-state index contributed by atoms with van der Waals surface area (Å²) >= 11 is 0. The maximum Gasteiger partial charge on any atom is 0.331 e. The zero-order valence-corrected chi connectivity index (χ0v) is 10.9. The van der Waals surface area contributed by atoms with Crippen molar-refractivity contribution in [3.63, 3.8) is 0 Å². The zero-order chi connectivity index (χ0) is 14.1. The lowest BCUT2D eigenvalue weighted by Gasteiger charge is -2.34. The van der Waals surface area contributed by atoms with Gasteiger partial charge >= 0.3 is 6.03 Å². The van der Waals surface area contributed by atoms with Crippen LogP contribution in [0.25, 0.3) is 0 Å². The number of likely N-dealkylation sites (N-methyl/N-ethyl adjacent to an activating group) is 1. The Morgan fingerprint density at radius 1 is 1.33 bits per heavy atom. The molecule has 0 aromatic rings. The normalized spacial score (nSPS) is 18.7. The van der Waals surface area contributed by atoms with E-state index in [1.54, 1.807) is 14.0 Å². The van der Waals surface area contributed by atoms with Crippen LogP contribution in [0.3, 0.4) is 0 Å². The molecule has 1 N–H and O–H groups in total. The second kappa shape index (κ2) is 4.75. The minimum absolute atomic E-state index is 0.355. The van der Waals surface area contributed by atoms with E-state index < -0.39 is 23.3 Å². The molecule has 0 atom stereocenters. The number of rotatable bonds is 3. The highest BCUT2D eigenvalue weighted by atomic mass is 16.2. The van der Waals surface area contributed by atoms with Crippen LogP contribution in [0.5, 0.6) is 0 Å². The third-order valence-corrected chi connectivity index (χ3v) is 3.01. The van der Waals surface area contributed by atoms with Gasteiger partial charge in [-0.2, -0.15) is 0 Å². The molecule has 18 heavy (non-hydrogen) atoms. The van der Waals surface area contributed by atoms with Crippen molar-refractivity contribution in [1.82, 2.24) is 15.1 Å². The first-order chi connectivity index (χ1) is 8.21. The largest absolute Gasteiger partial charge is 0.344 e. The van der Waals surface area contributed by atoms with E-state index in [9.17, 15) is 19.2 Å².